The van der Waals surface area contributed by atoms with Gasteiger partial charge in [-0.3, -0.25) is 0 Å². The summed E-state index contributed by atoms with van der Waals surface area (Å²) in [5, 5.41) is 4.80. The van der Waals surface area contributed by atoms with Gasteiger partial charge in [-0.25, -0.2) is 0 Å². The average Bonchev–Trinajstić information content (AvgIpc) is 2.38. The Kier molecular flexibility index (Phi) is 4.73. The van der Waals surface area contributed by atoms with E-state index < -0.39 is 0 Å². The summed E-state index contributed by atoms with van der Waals surface area (Å²) in [4.78, 5) is 0. The molecule has 0 aromatic heterocycles. The van der Waals surface area contributed by atoms with Gasteiger partial charge in [0, 0.05) is 22.3 Å². The van der Waals surface area contributed by atoms with Crippen molar-refractivity contribution in [3.05, 3.63) is 63.6 Å². The van der Waals surface area contributed by atoms with Crippen LogP contribution in [-0.2, 0) is 6.54 Å². The Labute approximate surface area is 124 Å². The van der Waals surface area contributed by atoms with E-state index in [0.717, 1.165) is 11.3 Å². The molecule has 0 saturated heterocycles. The molecule has 0 aliphatic carbocycles. The molecule has 0 bridgehead atoms. The van der Waals surface area contributed by atoms with Crippen LogP contribution in [0.3, 0.4) is 0 Å². The third-order valence-corrected chi connectivity index (χ3v) is 3.65. The van der Waals surface area contributed by atoms with Crippen molar-refractivity contribution in [2.45, 2.75) is 26.3 Å². The van der Waals surface area contributed by atoms with Gasteiger partial charge in [-0.05, 0) is 35.2 Å². The quantitative estimate of drug-likeness (QED) is 0.759. The second-order valence-corrected chi connectivity index (χ2v) is 5.67. The highest BCUT2D eigenvalue weighted by atomic mass is 35.5. The number of hydrogen-bond donors (Lipinski definition) is 1. The number of para-hydroxylation sites is 1. The lowest BCUT2D eigenvalue weighted by Gasteiger charge is -2.15. The molecular weight excluding hydrogens is 277 g/mol. The average molecular weight is 294 g/mol. The maximum Gasteiger partial charge on any atom is 0.0470 e. The fraction of sp³-hybridized carbons (Fsp3) is 0.250. The van der Waals surface area contributed by atoms with Crippen LogP contribution in [0.15, 0.2) is 42.5 Å². The molecule has 100 valence electrons. The molecule has 3 heteroatoms. The van der Waals surface area contributed by atoms with Crippen molar-refractivity contribution < 1.29 is 0 Å². The molecule has 0 aliphatic rings. The molecule has 2 aromatic rings. The van der Waals surface area contributed by atoms with Crippen LogP contribution in [0.25, 0.3) is 0 Å². The Bertz CT molecular complexity index is 564. The van der Waals surface area contributed by atoms with Crippen molar-refractivity contribution in [2.75, 3.05) is 5.32 Å². The monoisotopic (exact) mass is 293 g/mol. The zero-order valence-electron chi connectivity index (χ0n) is 11.1. The van der Waals surface area contributed by atoms with Gasteiger partial charge in [0.15, 0.2) is 0 Å². The third-order valence-electron chi connectivity index (χ3n) is 3.07. The zero-order chi connectivity index (χ0) is 13.8. The lowest BCUT2D eigenvalue weighted by atomic mass is 10.0. The first-order valence-corrected chi connectivity index (χ1v) is 7.10. The van der Waals surface area contributed by atoms with Crippen LogP contribution < -0.4 is 5.32 Å². The van der Waals surface area contributed by atoms with Crippen molar-refractivity contribution in [2.24, 2.45) is 0 Å². The van der Waals surface area contributed by atoms with Crippen LogP contribution in [0.5, 0.6) is 0 Å². The molecule has 0 aliphatic heterocycles. The predicted molar refractivity (Wildman–Crippen MR) is 84.3 cm³/mol. The standard InChI is InChI=1S/C16H17Cl2N/c1-11(2)14-5-3-4-6-16(14)19-10-12-7-8-13(17)9-15(12)18/h3-9,11,19H,10H2,1-2H3. The molecule has 0 heterocycles. The molecule has 0 spiro atoms. The van der Waals surface area contributed by atoms with Crippen LogP contribution >= 0.6 is 23.2 Å². The maximum atomic E-state index is 6.17. The van der Waals surface area contributed by atoms with E-state index in [1.165, 1.54) is 5.56 Å². The van der Waals surface area contributed by atoms with Gasteiger partial charge in [-0.2, -0.15) is 0 Å². The molecule has 19 heavy (non-hydrogen) atoms. The minimum absolute atomic E-state index is 0.490. The zero-order valence-corrected chi connectivity index (χ0v) is 12.6. The van der Waals surface area contributed by atoms with Gasteiger partial charge in [0.2, 0.25) is 0 Å². The highest BCUT2D eigenvalue weighted by molar-refractivity contribution is 6.35. The van der Waals surface area contributed by atoms with E-state index in [1.807, 2.05) is 18.2 Å². The molecular formula is C16H17Cl2N. The summed E-state index contributed by atoms with van der Waals surface area (Å²) in [6.07, 6.45) is 0. The molecule has 0 radical (unpaired) electrons. The van der Waals surface area contributed by atoms with Crippen LogP contribution in [0.2, 0.25) is 10.0 Å². The predicted octanol–water partition coefficient (Wildman–Crippen LogP) is 5.73. The van der Waals surface area contributed by atoms with Crippen molar-refractivity contribution in [1.82, 2.24) is 0 Å². The smallest absolute Gasteiger partial charge is 0.0470 e. The fourth-order valence-electron chi connectivity index (χ4n) is 2.02. The van der Waals surface area contributed by atoms with Crippen molar-refractivity contribution >= 4 is 28.9 Å². The van der Waals surface area contributed by atoms with Crippen molar-refractivity contribution in [3.63, 3.8) is 0 Å². The number of rotatable bonds is 4. The van der Waals surface area contributed by atoms with E-state index in [9.17, 15) is 0 Å². The molecule has 1 nitrogen and oxygen atoms in total. The third kappa shape index (κ3) is 3.65. The molecule has 2 aromatic carbocycles. The van der Waals surface area contributed by atoms with Gasteiger partial charge in [-0.1, -0.05) is 61.3 Å². The maximum absolute atomic E-state index is 6.17. The largest absolute Gasteiger partial charge is 0.381 e. The van der Waals surface area contributed by atoms with Gasteiger partial charge in [0.25, 0.3) is 0 Å². The SMILES string of the molecule is CC(C)c1ccccc1NCc1ccc(Cl)cc1Cl. The summed E-state index contributed by atoms with van der Waals surface area (Å²) in [6, 6.07) is 13.9. The number of nitrogens with one attached hydrogen (secondary N) is 1. The van der Waals surface area contributed by atoms with Gasteiger partial charge in [0.1, 0.15) is 0 Å². The fourth-order valence-corrected chi connectivity index (χ4v) is 2.49. The molecule has 1 N–H and O–H groups in total. The van der Waals surface area contributed by atoms with E-state index in [1.54, 1.807) is 6.07 Å². The second-order valence-electron chi connectivity index (χ2n) is 4.83. The number of benzene rings is 2. The van der Waals surface area contributed by atoms with E-state index in [4.69, 9.17) is 23.2 Å². The Hall–Kier alpha value is -1.18. The summed E-state index contributed by atoms with van der Waals surface area (Å²) < 4.78 is 0. The van der Waals surface area contributed by atoms with E-state index in [0.29, 0.717) is 22.5 Å². The normalized spacial score (nSPS) is 10.8. The second kappa shape index (κ2) is 6.31. The summed E-state index contributed by atoms with van der Waals surface area (Å²) in [6.45, 7) is 5.07. The number of anilines is 1. The first kappa shape index (κ1) is 14.2. The lowest BCUT2D eigenvalue weighted by Crippen LogP contribution is -2.03. The van der Waals surface area contributed by atoms with E-state index in [-0.39, 0.29) is 0 Å². The topological polar surface area (TPSA) is 12.0 Å². The first-order chi connectivity index (χ1) is 9.08. The first-order valence-electron chi connectivity index (χ1n) is 6.34. The Balaban J connectivity index is 2.14. The number of halogens is 2. The van der Waals surface area contributed by atoms with Crippen LogP contribution in [0.1, 0.15) is 30.9 Å². The van der Waals surface area contributed by atoms with E-state index >= 15 is 0 Å². The Morgan fingerprint density at radius 3 is 2.47 bits per heavy atom. The highest BCUT2D eigenvalue weighted by Crippen LogP contribution is 2.26. The van der Waals surface area contributed by atoms with Gasteiger partial charge >= 0.3 is 0 Å². The Morgan fingerprint density at radius 1 is 1.05 bits per heavy atom. The molecule has 0 unspecified atom stereocenters. The number of hydrogen-bond acceptors (Lipinski definition) is 1. The minimum atomic E-state index is 0.490. The van der Waals surface area contributed by atoms with Gasteiger partial charge in [0.05, 0.1) is 0 Å². The molecule has 2 rings (SSSR count). The summed E-state index contributed by atoms with van der Waals surface area (Å²) in [5.74, 6) is 0.490. The summed E-state index contributed by atoms with van der Waals surface area (Å²) in [7, 11) is 0. The van der Waals surface area contributed by atoms with Crippen molar-refractivity contribution in [3.8, 4) is 0 Å². The van der Waals surface area contributed by atoms with E-state index in [2.05, 4.69) is 37.4 Å². The van der Waals surface area contributed by atoms with Gasteiger partial charge in [-0.15, -0.1) is 0 Å². The summed E-state index contributed by atoms with van der Waals surface area (Å²) >= 11 is 12.1. The Morgan fingerprint density at radius 2 is 1.79 bits per heavy atom. The van der Waals surface area contributed by atoms with Crippen LogP contribution in [0.4, 0.5) is 5.69 Å². The molecule has 0 atom stereocenters. The van der Waals surface area contributed by atoms with Crippen LogP contribution in [0, 0.1) is 0 Å². The van der Waals surface area contributed by atoms with Gasteiger partial charge < -0.3 is 5.32 Å². The minimum Gasteiger partial charge on any atom is -0.381 e. The summed E-state index contributed by atoms with van der Waals surface area (Å²) in [5.41, 5.74) is 3.51. The van der Waals surface area contributed by atoms with Crippen LogP contribution in [-0.4, -0.2) is 0 Å². The highest BCUT2D eigenvalue weighted by Gasteiger charge is 2.06. The molecule has 0 saturated carbocycles. The lowest BCUT2D eigenvalue weighted by molar-refractivity contribution is 0.865. The molecule has 0 amide bonds. The van der Waals surface area contributed by atoms with Crippen molar-refractivity contribution in [1.29, 1.82) is 0 Å². The molecule has 0 fully saturated rings.